The second-order valence-electron chi connectivity index (χ2n) is 3.97. The van der Waals surface area contributed by atoms with Gasteiger partial charge in [-0.25, -0.2) is 0 Å². The second kappa shape index (κ2) is 6.70. The maximum absolute atomic E-state index is 10.9. The summed E-state index contributed by atoms with van der Waals surface area (Å²) >= 11 is 0. The number of nitro groups is 1. The molecule has 0 fully saturated rings. The fraction of sp³-hybridized carbons (Fsp3) is 0.417. The van der Waals surface area contributed by atoms with Gasteiger partial charge in [-0.05, 0) is 6.54 Å². The molecule has 98 valence electrons. The third kappa shape index (κ3) is 4.14. The minimum absolute atomic E-state index is 0.107. The zero-order valence-corrected chi connectivity index (χ0v) is 10.3. The molecule has 6 heteroatoms. The van der Waals surface area contributed by atoms with Crippen molar-refractivity contribution in [2.75, 3.05) is 13.1 Å². The molecule has 0 aliphatic carbocycles. The Morgan fingerprint density at radius 3 is 2.67 bits per heavy atom. The highest BCUT2D eigenvalue weighted by Gasteiger charge is 2.15. The van der Waals surface area contributed by atoms with Crippen LogP contribution in [0, 0.1) is 10.1 Å². The molecule has 1 aromatic rings. The van der Waals surface area contributed by atoms with Crippen LogP contribution in [0.5, 0.6) is 0 Å². The van der Waals surface area contributed by atoms with Crippen LogP contribution >= 0.6 is 0 Å². The lowest BCUT2D eigenvalue weighted by Crippen LogP contribution is -2.27. The minimum atomic E-state index is -0.392. The van der Waals surface area contributed by atoms with Crippen molar-refractivity contribution in [3.8, 4) is 0 Å². The lowest BCUT2D eigenvalue weighted by molar-refractivity contribution is -0.385. The number of carbonyl (C=O) groups is 1. The van der Waals surface area contributed by atoms with Crippen LogP contribution in [0.1, 0.15) is 18.9 Å². The van der Waals surface area contributed by atoms with E-state index < -0.39 is 4.92 Å². The number of hydrogen-bond donors (Lipinski definition) is 1. The normalized spacial score (nSPS) is 10.6. The molecule has 18 heavy (non-hydrogen) atoms. The molecule has 0 aromatic heterocycles. The Hall–Kier alpha value is -1.95. The molecule has 1 rings (SSSR count). The third-order valence-corrected chi connectivity index (χ3v) is 2.70. The van der Waals surface area contributed by atoms with Gasteiger partial charge in [0.15, 0.2) is 0 Å². The number of carbonyl (C=O) groups excluding carboxylic acids is 1. The zero-order chi connectivity index (χ0) is 13.5. The highest BCUT2D eigenvalue weighted by Crippen LogP contribution is 2.19. The predicted molar refractivity (Wildman–Crippen MR) is 67.9 cm³/mol. The molecule has 0 aliphatic heterocycles. The van der Waals surface area contributed by atoms with Crippen LogP contribution in [0.15, 0.2) is 24.3 Å². The van der Waals surface area contributed by atoms with Gasteiger partial charge in [-0.15, -0.1) is 0 Å². The Kier molecular flexibility index (Phi) is 5.26. The number of nitro benzene ring substituents is 1. The number of rotatable bonds is 7. The van der Waals surface area contributed by atoms with Crippen molar-refractivity contribution in [1.29, 1.82) is 0 Å². The van der Waals surface area contributed by atoms with Gasteiger partial charge >= 0.3 is 0 Å². The number of nitrogens with two attached hydrogens (primary N) is 1. The molecule has 0 heterocycles. The van der Waals surface area contributed by atoms with Gasteiger partial charge in [0.25, 0.3) is 5.69 Å². The lowest BCUT2D eigenvalue weighted by atomic mass is 10.1. The van der Waals surface area contributed by atoms with E-state index in [-0.39, 0.29) is 18.0 Å². The number of nitrogens with zero attached hydrogens (tertiary/aromatic N) is 2. The van der Waals surface area contributed by atoms with Gasteiger partial charge < -0.3 is 5.73 Å². The summed E-state index contributed by atoms with van der Waals surface area (Å²) in [6, 6.07) is 6.62. The average molecular weight is 251 g/mol. The van der Waals surface area contributed by atoms with Gasteiger partial charge in [-0.1, -0.05) is 25.1 Å². The van der Waals surface area contributed by atoms with Crippen LogP contribution in [-0.2, 0) is 11.3 Å². The summed E-state index contributed by atoms with van der Waals surface area (Å²) in [4.78, 5) is 23.2. The summed E-state index contributed by atoms with van der Waals surface area (Å²) in [7, 11) is 0. The highest BCUT2D eigenvalue weighted by molar-refractivity contribution is 5.73. The van der Waals surface area contributed by atoms with E-state index in [4.69, 9.17) is 5.73 Å². The molecule has 6 nitrogen and oxygen atoms in total. The van der Waals surface area contributed by atoms with E-state index in [1.54, 1.807) is 18.2 Å². The molecule has 0 atom stereocenters. The molecule has 0 saturated heterocycles. The van der Waals surface area contributed by atoms with E-state index in [1.165, 1.54) is 6.07 Å². The third-order valence-electron chi connectivity index (χ3n) is 2.70. The smallest absolute Gasteiger partial charge is 0.273 e. The summed E-state index contributed by atoms with van der Waals surface area (Å²) in [6.45, 7) is 3.61. The number of para-hydroxylation sites is 1. The summed E-state index contributed by atoms with van der Waals surface area (Å²) < 4.78 is 0. The van der Waals surface area contributed by atoms with E-state index in [9.17, 15) is 14.9 Å². The van der Waals surface area contributed by atoms with Crippen LogP contribution in [-0.4, -0.2) is 28.8 Å². The van der Waals surface area contributed by atoms with Crippen molar-refractivity contribution in [3.63, 3.8) is 0 Å². The largest absolute Gasteiger partial charge is 0.370 e. The van der Waals surface area contributed by atoms with E-state index in [0.29, 0.717) is 25.2 Å². The van der Waals surface area contributed by atoms with E-state index >= 15 is 0 Å². The molecule has 0 radical (unpaired) electrons. The van der Waals surface area contributed by atoms with Crippen LogP contribution in [0.4, 0.5) is 5.69 Å². The van der Waals surface area contributed by atoms with Crippen molar-refractivity contribution in [1.82, 2.24) is 4.90 Å². The van der Waals surface area contributed by atoms with Crippen LogP contribution < -0.4 is 5.73 Å². The van der Waals surface area contributed by atoms with Gasteiger partial charge in [0.05, 0.1) is 4.92 Å². The Bertz CT molecular complexity index is 434. The first-order valence-corrected chi connectivity index (χ1v) is 5.77. The van der Waals surface area contributed by atoms with Gasteiger partial charge in [-0.3, -0.25) is 19.8 Å². The summed E-state index contributed by atoms with van der Waals surface area (Å²) in [5.41, 5.74) is 5.85. The van der Waals surface area contributed by atoms with Crippen molar-refractivity contribution < 1.29 is 9.72 Å². The Morgan fingerprint density at radius 1 is 1.44 bits per heavy atom. The first-order chi connectivity index (χ1) is 8.54. The molecule has 0 unspecified atom stereocenters. The molecule has 1 aromatic carbocycles. The number of amides is 1. The van der Waals surface area contributed by atoms with E-state index in [1.807, 2.05) is 11.8 Å². The maximum Gasteiger partial charge on any atom is 0.273 e. The molecular weight excluding hydrogens is 234 g/mol. The monoisotopic (exact) mass is 251 g/mol. The average Bonchev–Trinajstić information content (AvgIpc) is 2.34. The zero-order valence-electron chi connectivity index (χ0n) is 10.3. The summed E-state index contributed by atoms with van der Waals surface area (Å²) in [5.74, 6) is -0.365. The quantitative estimate of drug-likeness (QED) is 0.584. The molecule has 1 amide bonds. The van der Waals surface area contributed by atoms with Crippen LogP contribution in [0.3, 0.4) is 0 Å². The van der Waals surface area contributed by atoms with Gasteiger partial charge in [-0.2, -0.15) is 0 Å². The molecule has 0 aliphatic rings. The molecule has 0 bridgehead atoms. The SMILES string of the molecule is CCN(CCC(N)=O)Cc1ccccc1[N+](=O)[O-]. The molecule has 0 spiro atoms. The van der Waals surface area contributed by atoms with E-state index in [0.717, 1.165) is 0 Å². The van der Waals surface area contributed by atoms with Crippen molar-refractivity contribution in [2.45, 2.75) is 19.9 Å². The first-order valence-electron chi connectivity index (χ1n) is 5.77. The Balaban J connectivity index is 2.75. The molecular formula is C12H17N3O3. The van der Waals surface area contributed by atoms with Gasteiger partial charge in [0, 0.05) is 31.1 Å². The molecule has 2 N–H and O–H groups in total. The fourth-order valence-electron chi connectivity index (χ4n) is 1.68. The summed E-state index contributed by atoms with van der Waals surface area (Å²) in [5, 5.41) is 10.9. The number of hydrogen-bond acceptors (Lipinski definition) is 4. The predicted octanol–water partition coefficient (Wildman–Crippen LogP) is 1.29. The molecule has 0 saturated carbocycles. The summed E-state index contributed by atoms with van der Waals surface area (Å²) in [6.07, 6.45) is 0.258. The lowest BCUT2D eigenvalue weighted by Gasteiger charge is -2.19. The maximum atomic E-state index is 10.9. The van der Waals surface area contributed by atoms with Crippen molar-refractivity contribution in [3.05, 3.63) is 39.9 Å². The Labute approximate surface area is 106 Å². The van der Waals surface area contributed by atoms with Crippen molar-refractivity contribution >= 4 is 11.6 Å². The van der Waals surface area contributed by atoms with Crippen LogP contribution in [0.2, 0.25) is 0 Å². The minimum Gasteiger partial charge on any atom is -0.370 e. The van der Waals surface area contributed by atoms with Gasteiger partial charge in [0.1, 0.15) is 0 Å². The first kappa shape index (κ1) is 14.1. The fourth-order valence-corrected chi connectivity index (χ4v) is 1.68. The van der Waals surface area contributed by atoms with E-state index in [2.05, 4.69) is 0 Å². The Morgan fingerprint density at radius 2 is 2.11 bits per heavy atom. The van der Waals surface area contributed by atoms with Crippen molar-refractivity contribution in [2.24, 2.45) is 5.73 Å². The van der Waals surface area contributed by atoms with Crippen LogP contribution in [0.25, 0.3) is 0 Å². The number of primary amides is 1. The number of benzene rings is 1. The highest BCUT2D eigenvalue weighted by atomic mass is 16.6. The van der Waals surface area contributed by atoms with Gasteiger partial charge in [0.2, 0.25) is 5.91 Å². The standard InChI is InChI=1S/C12H17N3O3/c1-2-14(8-7-12(13)16)9-10-5-3-4-6-11(10)15(17)18/h3-6H,2,7-9H2,1H3,(H2,13,16). The second-order valence-corrected chi connectivity index (χ2v) is 3.97. The topological polar surface area (TPSA) is 89.5 Å².